The van der Waals surface area contributed by atoms with Crippen molar-refractivity contribution < 1.29 is 14.5 Å². The van der Waals surface area contributed by atoms with Crippen LogP contribution in [-0.2, 0) is 16.0 Å². The van der Waals surface area contributed by atoms with E-state index in [1.54, 1.807) is 13.0 Å². The average molecular weight is 302 g/mol. The third kappa shape index (κ3) is 4.14. The Hall–Kier alpha value is -1.43. The second kappa shape index (κ2) is 6.34. The highest BCUT2D eigenvalue weighted by Crippen LogP contribution is 2.24. The van der Waals surface area contributed by atoms with Gasteiger partial charge in [0.1, 0.15) is 0 Å². The third-order valence-electron chi connectivity index (χ3n) is 2.15. The fourth-order valence-corrected chi connectivity index (χ4v) is 1.89. The highest BCUT2D eigenvalue weighted by atomic mass is 79.9. The summed E-state index contributed by atoms with van der Waals surface area (Å²) >= 11 is 3.25. The van der Waals surface area contributed by atoms with Crippen LogP contribution < -0.4 is 0 Å². The van der Waals surface area contributed by atoms with Crippen molar-refractivity contribution in [2.45, 2.75) is 19.8 Å². The molecule has 1 aromatic carbocycles. The zero-order valence-electron chi connectivity index (χ0n) is 9.31. The van der Waals surface area contributed by atoms with E-state index in [1.165, 1.54) is 12.1 Å². The van der Waals surface area contributed by atoms with E-state index in [4.69, 9.17) is 4.74 Å². The Morgan fingerprint density at radius 2 is 2.24 bits per heavy atom. The van der Waals surface area contributed by atoms with Gasteiger partial charge >= 0.3 is 5.97 Å². The van der Waals surface area contributed by atoms with E-state index in [9.17, 15) is 14.9 Å². The Labute approximate surface area is 107 Å². The Morgan fingerprint density at radius 3 is 2.76 bits per heavy atom. The van der Waals surface area contributed by atoms with Crippen LogP contribution in [0.15, 0.2) is 22.7 Å². The molecule has 0 aliphatic heterocycles. The van der Waals surface area contributed by atoms with Crippen molar-refractivity contribution in [1.29, 1.82) is 0 Å². The molecule has 0 atom stereocenters. The number of hydrogen-bond donors (Lipinski definition) is 0. The molecule has 1 rings (SSSR count). The summed E-state index contributed by atoms with van der Waals surface area (Å²) in [5.41, 5.74) is 0.875. The molecule has 0 saturated carbocycles. The SMILES string of the molecule is CCOC(=O)CCc1ccc([N+](=O)[O-])cc1Br. The van der Waals surface area contributed by atoms with Gasteiger partial charge in [-0.15, -0.1) is 0 Å². The summed E-state index contributed by atoms with van der Waals surface area (Å²) in [6.07, 6.45) is 0.766. The molecule has 0 fully saturated rings. The van der Waals surface area contributed by atoms with Crippen LogP contribution in [0, 0.1) is 10.1 Å². The van der Waals surface area contributed by atoms with Gasteiger partial charge in [0.25, 0.3) is 5.69 Å². The van der Waals surface area contributed by atoms with E-state index in [-0.39, 0.29) is 18.1 Å². The van der Waals surface area contributed by atoms with Gasteiger partial charge in [0.15, 0.2) is 0 Å². The van der Waals surface area contributed by atoms with Crippen molar-refractivity contribution in [1.82, 2.24) is 0 Å². The number of non-ortho nitro benzene ring substituents is 1. The fraction of sp³-hybridized carbons (Fsp3) is 0.364. The number of nitrogens with zero attached hydrogens (tertiary/aromatic N) is 1. The minimum Gasteiger partial charge on any atom is -0.466 e. The molecule has 6 heteroatoms. The van der Waals surface area contributed by atoms with Gasteiger partial charge in [0.05, 0.1) is 11.5 Å². The summed E-state index contributed by atoms with van der Waals surface area (Å²) in [6.45, 7) is 2.11. The Morgan fingerprint density at radius 1 is 1.53 bits per heavy atom. The number of carbonyl (C=O) groups is 1. The predicted molar refractivity (Wildman–Crippen MR) is 65.8 cm³/mol. The zero-order valence-corrected chi connectivity index (χ0v) is 10.9. The van der Waals surface area contributed by atoms with Gasteiger partial charge in [0.2, 0.25) is 0 Å². The van der Waals surface area contributed by atoms with Crippen molar-refractivity contribution in [3.8, 4) is 0 Å². The van der Waals surface area contributed by atoms with Crippen LogP contribution in [0.25, 0.3) is 0 Å². The van der Waals surface area contributed by atoms with Crippen molar-refractivity contribution >= 4 is 27.6 Å². The first-order valence-electron chi connectivity index (χ1n) is 5.13. The first-order valence-corrected chi connectivity index (χ1v) is 5.92. The molecule has 0 bridgehead atoms. The Kier molecular flexibility index (Phi) is 5.09. The van der Waals surface area contributed by atoms with Gasteiger partial charge in [-0.2, -0.15) is 0 Å². The highest BCUT2D eigenvalue weighted by molar-refractivity contribution is 9.10. The molecule has 0 amide bonds. The molecule has 0 spiro atoms. The third-order valence-corrected chi connectivity index (χ3v) is 2.89. The smallest absolute Gasteiger partial charge is 0.306 e. The number of benzene rings is 1. The molecule has 5 nitrogen and oxygen atoms in total. The number of carbonyl (C=O) groups excluding carboxylic acids is 1. The van der Waals surface area contributed by atoms with E-state index in [1.807, 2.05) is 0 Å². The molecule has 0 aliphatic rings. The van der Waals surface area contributed by atoms with E-state index >= 15 is 0 Å². The van der Waals surface area contributed by atoms with Crippen LogP contribution >= 0.6 is 15.9 Å². The summed E-state index contributed by atoms with van der Waals surface area (Å²) in [7, 11) is 0. The number of hydrogen-bond acceptors (Lipinski definition) is 4. The lowest BCUT2D eigenvalue weighted by atomic mass is 10.1. The Balaban J connectivity index is 2.66. The zero-order chi connectivity index (χ0) is 12.8. The highest BCUT2D eigenvalue weighted by Gasteiger charge is 2.10. The van der Waals surface area contributed by atoms with Crippen molar-refractivity contribution in [2.24, 2.45) is 0 Å². The van der Waals surface area contributed by atoms with Gasteiger partial charge < -0.3 is 4.74 Å². The average Bonchev–Trinajstić information content (AvgIpc) is 2.27. The molecule has 92 valence electrons. The quantitative estimate of drug-likeness (QED) is 0.476. The largest absolute Gasteiger partial charge is 0.466 e. The standard InChI is InChI=1S/C11H12BrNO4/c1-2-17-11(14)6-4-8-3-5-9(13(15)16)7-10(8)12/h3,5,7H,2,4,6H2,1H3. The van der Waals surface area contributed by atoms with Crippen LogP contribution in [-0.4, -0.2) is 17.5 Å². The van der Waals surface area contributed by atoms with Crippen LogP contribution in [0.2, 0.25) is 0 Å². The number of aryl methyl sites for hydroxylation is 1. The second-order valence-electron chi connectivity index (χ2n) is 3.34. The first kappa shape index (κ1) is 13.6. The normalized spacial score (nSPS) is 10.0. The Bertz CT molecular complexity index is 433. The lowest BCUT2D eigenvalue weighted by Crippen LogP contribution is -2.05. The molecule has 0 radical (unpaired) electrons. The van der Waals surface area contributed by atoms with Crippen LogP contribution in [0.1, 0.15) is 18.9 Å². The summed E-state index contributed by atoms with van der Waals surface area (Å²) < 4.78 is 5.44. The minimum absolute atomic E-state index is 0.0248. The van der Waals surface area contributed by atoms with Gasteiger partial charge in [-0.3, -0.25) is 14.9 Å². The molecule has 0 unspecified atom stereocenters. The maximum Gasteiger partial charge on any atom is 0.306 e. The maximum absolute atomic E-state index is 11.2. The van der Waals surface area contributed by atoms with Crippen LogP contribution in [0.3, 0.4) is 0 Å². The second-order valence-corrected chi connectivity index (χ2v) is 4.19. The lowest BCUT2D eigenvalue weighted by Gasteiger charge is -2.04. The minimum atomic E-state index is -0.458. The number of halogens is 1. The molecule has 0 aliphatic carbocycles. The van der Waals surface area contributed by atoms with Crippen LogP contribution in [0.4, 0.5) is 5.69 Å². The summed E-state index contributed by atoms with van der Waals surface area (Å²) in [5.74, 6) is -0.266. The number of rotatable bonds is 5. The maximum atomic E-state index is 11.2. The molecule has 0 saturated heterocycles. The van der Waals surface area contributed by atoms with E-state index in [2.05, 4.69) is 15.9 Å². The molecule has 1 aromatic rings. The van der Waals surface area contributed by atoms with Gasteiger partial charge in [-0.1, -0.05) is 22.0 Å². The lowest BCUT2D eigenvalue weighted by molar-refractivity contribution is -0.384. The van der Waals surface area contributed by atoms with E-state index in [0.717, 1.165) is 5.56 Å². The summed E-state index contributed by atoms with van der Waals surface area (Å²) in [5, 5.41) is 10.5. The van der Waals surface area contributed by atoms with Crippen molar-refractivity contribution in [3.63, 3.8) is 0 Å². The molecule has 0 N–H and O–H groups in total. The van der Waals surface area contributed by atoms with Gasteiger partial charge in [0, 0.05) is 23.0 Å². The van der Waals surface area contributed by atoms with E-state index < -0.39 is 4.92 Å². The first-order chi connectivity index (χ1) is 8.04. The number of nitro benzene ring substituents is 1. The molecular weight excluding hydrogens is 290 g/mol. The number of nitro groups is 1. The van der Waals surface area contributed by atoms with Gasteiger partial charge in [-0.25, -0.2) is 0 Å². The predicted octanol–water partition coefficient (Wildman–Crippen LogP) is 2.85. The monoisotopic (exact) mass is 301 g/mol. The molecule has 0 aromatic heterocycles. The van der Waals surface area contributed by atoms with Crippen LogP contribution in [0.5, 0.6) is 0 Å². The summed E-state index contributed by atoms with van der Waals surface area (Å²) in [6, 6.07) is 4.49. The van der Waals surface area contributed by atoms with Crippen molar-refractivity contribution in [2.75, 3.05) is 6.61 Å². The van der Waals surface area contributed by atoms with E-state index in [0.29, 0.717) is 17.5 Å². The topological polar surface area (TPSA) is 69.4 Å². The van der Waals surface area contributed by atoms with Gasteiger partial charge in [-0.05, 0) is 18.9 Å². The fourth-order valence-electron chi connectivity index (χ4n) is 1.32. The number of esters is 1. The molecule has 0 heterocycles. The molecular formula is C11H12BrNO4. The number of ether oxygens (including phenoxy) is 1. The summed E-state index contributed by atoms with van der Waals surface area (Å²) in [4.78, 5) is 21.2. The molecule has 17 heavy (non-hydrogen) atoms. The van der Waals surface area contributed by atoms with Crippen molar-refractivity contribution in [3.05, 3.63) is 38.3 Å².